The van der Waals surface area contributed by atoms with Crippen LogP contribution in [0, 0.1) is 0 Å². The van der Waals surface area contributed by atoms with Crippen LogP contribution in [0.25, 0.3) is 0 Å². The van der Waals surface area contributed by atoms with Crippen molar-refractivity contribution in [2.24, 2.45) is 0 Å². The highest BCUT2D eigenvalue weighted by atomic mass is 16.5. The summed E-state index contributed by atoms with van der Waals surface area (Å²) in [6, 6.07) is -0.631. The number of nitrogens with one attached hydrogen (secondary N) is 1. The molecule has 0 aromatic carbocycles. The van der Waals surface area contributed by atoms with E-state index in [1.54, 1.807) is 6.08 Å². The summed E-state index contributed by atoms with van der Waals surface area (Å²) >= 11 is 0. The third-order valence-electron chi connectivity index (χ3n) is 13.3. The van der Waals surface area contributed by atoms with Gasteiger partial charge in [0.2, 0.25) is 5.91 Å². The van der Waals surface area contributed by atoms with E-state index in [0.717, 1.165) is 51.4 Å². The van der Waals surface area contributed by atoms with Crippen LogP contribution in [-0.4, -0.2) is 47.4 Å². The van der Waals surface area contributed by atoms with E-state index in [1.807, 2.05) is 6.08 Å². The van der Waals surface area contributed by atoms with E-state index in [-0.39, 0.29) is 18.5 Å². The Morgan fingerprint density at radius 3 is 1.15 bits per heavy atom. The number of unbranched alkanes of at least 4 members (excludes halogenated alkanes) is 37. The molecule has 2 atom stereocenters. The smallest absolute Gasteiger partial charge is 0.305 e. The number of carbonyl (C=O) groups excluding carboxylic acids is 2. The molecule has 0 spiro atoms. The van der Waals surface area contributed by atoms with Gasteiger partial charge in [-0.3, -0.25) is 9.59 Å². The van der Waals surface area contributed by atoms with Crippen LogP contribution in [0.1, 0.15) is 303 Å². The average molecular weight is 941 g/mol. The molecule has 0 fully saturated rings. The molecule has 0 radical (unpaired) electrons. The third-order valence-corrected chi connectivity index (χ3v) is 13.3. The van der Waals surface area contributed by atoms with Crippen LogP contribution >= 0.6 is 0 Å². The molecular weight excluding hydrogens is 827 g/mol. The van der Waals surface area contributed by atoms with Gasteiger partial charge in [-0.1, -0.05) is 262 Å². The van der Waals surface area contributed by atoms with Gasteiger partial charge in [0, 0.05) is 12.8 Å². The third kappa shape index (κ3) is 53.0. The predicted octanol–water partition coefficient (Wildman–Crippen LogP) is 18.2. The van der Waals surface area contributed by atoms with Crippen molar-refractivity contribution in [3.8, 4) is 0 Å². The Labute approximate surface area is 416 Å². The van der Waals surface area contributed by atoms with Crippen LogP contribution in [0.3, 0.4) is 0 Å². The molecule has 0 aliphatic rings. The molecule has 0 heterocycles. The lowest BCUT2D eigenvalue weighted by Crippen LogP contribution is -2.45. The fourth-order valence-corrected chi connectivity index (χ4v) is 8.82. The van der Waals surface area contributed by atoms with E-state index in [9.17, 15) is 19.8 Å². The van der Waals surface area contributed by atoms with Crippen LogP contribution in [0.4, 0.5) is 0 Å². The van der Waals surface area contributed by atoms with E-state index in [4.69, 9.17) is 4.74 Å². The molecule has 3 N–H and O–H groups in total. The number of allylic oxidation sites excluding steroid dienone is 6. The minimum Gasteiger partial charge on any atom is -0.465 e. The van der Waals surface area contributed by atoms with Gasteiger partial charge >= 0.3 is 5.97 Å². The molecule has 2 unspecified atom stereocenters. The average Bonchev–Trinajstić information content (AvgIpc) is 3.33. The Hall–Kier alpha value is -2.18. The minimum absolute atomic E-state index is 0.0369. The van der Waals surface area contributed by atoms with Crippen LogP contribution in [0.2, 0.25) is 0 Å². The largest absolute Gasteiger partial charge is 0.465 e. The van der Waals surface area contributed by atoms with E-state index in [0.29, 0.717) is 19.4 Å². The molecule has 6 nitrogen and oxygen atoms in total. The molecule has 0 aliphatic heterocycles. The highest BCUT2D eigenvalue weighted by Gasteiger charge is 2.18. The second-order valence-electron chi connectivity index (χ2n) is 20.0. The monoisotopic (exact) mass is 940 g/mol. The molecule has 0 bridgehead atoms. The van der Waals surface area contributed by atoms with Gasteiger partial charge in [-0.2, -0.15) is 0 Å². The number of aliphatic hydroxyl groups excluding tert-OH is 2. The van der Waals surface area contributed by atoms with Crippen LogP contribution in [0.15, 0.2) is 48.6 Å². The quantitative estimate of drug-likeness (QED) is 0.0321. The standard InChI is InChI=1S/C61H113NO5/c1-3-5-7-9-11-13-15-16-17-18-22-26-29-32-35-39-43-47-51-55-61(66)67-56-52-48-44-40-36-33-30-27-24-21-19-20-23-25-28-31-34-38-42-46-50-54-60(65)62-58(57-63)59(64)53-49-45-41-37-14-12-10-8-6-4-2/h16-17,33,36,44,48-49,53,58-59,63-64H,3-15,18-32,34-35,37-43,45-47,50-52,54-57H2,1-2H3,(H,62,65)/b17-16-,36-33-,48-44-,53-49+. The Bertz CT molecular complexity index is 1130. The number of carbonyl (C=O) groups is 2. The first-order chi connectivity index (χ1) is 33.0. The summed E-state index contributed by atoms with van der Waals surface area (Å²) < 4.78 is 5.43. The molecule has 392 valence electrons. The lowest BCUT2D eigenvalue weighted by molar-refractivity contribution is -0.143. The Morgan fingerprint density at radius 2 is 0.746 bits per heavy atom. The first-order valence-electron chi connectivity index (χ1n) is 29.4. The van der Waals surface area contributed by atoms with Crippen molar-refractivity contribution >= 4 is 11.9 Å². The van der Waals surface area contributed by atoms with Gasteiger partial charge in [-0.15, -0.1) is 0 Å². The molecule has 0 aliphatic carbocycles. The second kappa shape index (κ2) is 56.4. The summed E-state index contributed by atoms with van der Waals surface area (Å²) in [7, 11) is 0. The molecule has 0 aromatic heterocycles. The SMILES string of the molecule is CCCCCCCC/C=C\CCCCCCCCCCCC(=O)OCC/C=C\C/C=C\CCCCCCCCCCCCCCCCC(=O)NC(CO)C(O)/C=C/CCCCCCCCCC. The summed E-state index contributed by atoms with van der Waals surface area (Å²) in [6.07, 6.45) is 71.6. The van der Waals surface area contributed by atoms with Gasteiger partial charge < -0.3 is 20.3 Å². The molecular formula is C61H113NO5. The number of rotatable bonds is 54. The van der Waals surface area contributed by atoms with E-state index in [2.05, 4.69) is 55.6 Å². The lowest BCUT2D eigenvalue weighted by atomic mass is 10.0. The van der Waals surface area contributed by atoms with Gasteiger partial charge in [0.05, 0.1) is 25.4 Å². The van der Waals surface area contributed by atoms with Crippen molar-refractivity contribution in [3.63, 3.8) is 0 Å². The highest BCUT2D eigenvalue weighted by molar-refractivity contribution is 5.76. The Balaban J connectivity index is 3.44. The van der Waals surface area contributed by atoms with Crippen molar-refractivity contribution in [2.45, 2.75) is 315 Å². The Kier molecular flexibility index (Phi) is 54.6. The maximum absolute atomic E-state index is 12.4. The van der Waals surface area contributed by atoms with Gasteiger partial charge in [0.25, 0.3) is 0 Å². The van der Waals surface area contributed by atoms with Crippen LogP contribution < -0.4 is 5.32 Å². The Morgan fingerprint density at radius 1 is 0.418 bits per heavy atom. The maximum Gasteiger partial charge on any atom is 0.305 e. The van der Waals surface area contributed by atoms with Crippen LogP contribution in [0.5, 0.6) is 0 Å². The highest BCUT2D eigenvalue weighted by Crippen LogP contribution is 2.16. The summed E-state index contributed by atoms with van der Waals surface area (Å²) in [6.45, 7) is 4.77. The molecule has 6 heteroatoms. The number of esters is 1. The molecule has 0 aromatic rings. The summed E-state index contributed by atoms with van der Waals surface area (Å²) in [4.78, 5) is 24.5. The topological polar surface area (TPSA) is 95.9 Å². The summed E-state index contributed by atoms with van der Waals surface area (Å²) in [5.41, 5.74) is 0. The van der Waals surface area contributed by atoms with E-state index >= 15 is 0 Å². The zero-order chi connectivity index (χ0) is 48.6. The van der Waals surface area contributed by atoms with Crippen molar-refractivity contribution < 1.29 is 24.5 Å². The molecule has 0 saturated carbocycles. The van der Waals surface area contributed by atoms with E-state index in [1.165, 1.54) is 225 Å². The predicted molar refractivity (Wildman–Crippen MR) is 292 cm³/mol. The fraction of sp³-hybridized carbons (Fsp3) is 0.836. The number of hydrogen-bond acceptors (Lipinski definition) is 5. The lowest BCUT2D eigenvalue weighted by Gasteiger charge is -2.20. The van der Waals surface area contributed by atoms with Crippen molar-refractivity contribution in [2.75, 3.05) is 13.2 Å². The van der Waals surface area contributed by atoms with Crippen molar-refractivity contribution in [3.05, 3.63) is 48.6 Å². The summed E-state index contributed by atoms with van der Waals surface area (Å²) in [5, 5.41) is 23.0. The van der Waals surface area contributed by atoms with Gasteiger partial charge in [0.15, 0.2) is 0 Å². The maximum atomic E-state index is 12.4. The molecule has 0 saturated heterocycles. The zero-order valence-corrected chi connectivity index (χ0v) is 44.6. The van der Waals surface area contributed by atoms with Crippen molar-refractivity contribution in [1.29, 1.82) is 0 Å². The minimum atomic E-state index is -0.847. The number of hydrogen-bond donors (Lipinski definition) is 3. The molecule has 1 amide bonds. The van der Waals surface area contributed by atoms with Crippen LogP contribution in [-0.2, 0) is 14.3 Å². The number of aliphatic hydroxyl groups is 2. The van der Waals surface area contributed by atoms with E-state index < -0.39 is 12.1 Å². The number of ether oxygens (including phenoxy) is 1. The van der Waals surface area contributed by atoms with Gasteiger partial charge in [0.1, 0.15) is 0 Å². The zero-order valence-electron chi connectivity index (χ0n) is 44.6. The normalized spacial score (nSPS) is 13.0. The first-order valence-corrected chi connectivity index (χ1v) is 29.4. The summed E-state index contributed by atoms with van der Waals surface area (Å²) in [5.74, 6) is -0.112. The first kappa shape index (κ1) is 64.8. The van der Waals surface area contributed by atoms with Gasteiger partial charge in [-0.25, -0.2) is 0 Å². The molecule has 0 rings (SSSR count). The number of amides is 1. The second-order valence-corrected chi connectivity index (χ2v) is 20.0. The molecule has 67 heavy (non-hydrogen) atoms. The fourth-order valence-electron chi connectivity index (χ4n) is 8.82. The van der Waals surface area contributed by atoms with Gasteiger partial charge in [-0.05, 0) is 77.0 Å². The van der Waals surface area contributed by atoms with Crippen molar-refractivity contribution in [1.82, 2.24) is 5.32 Å².